The number of carbonyl (C=O) groups excluding carboxylic acids is 2. The number of esters is 1. The topological polar surface area (TPSA) is 46.6 Å². The van der Waals surface area contributed by atoms with Gasteiger partial charge in [0, 0.05) is 19.5 Å². The van der Waals surface area contributed by atoms with E-state index in [9.17, 15) is 9.59 Å². The van der Waals surface area contributed by atoms with Crippen LogP contribution in [0.15, 0.2) is 12.2 Å². The number of carbonyl (C=O) groups is 2. The summed E-state index contributed by atoms with van der Waals surface area (Å²) in [7, 11) is 0. The summed E-state index contributed by atoms with van der Waals surface area (Å²) in [6, 6.07) is 0. The summed E-state index contributed by atoms with van der Waals surface area (Å²) in [6.45, 7) is 6.86. The zero-order valence-electron chi connectivity index (χ0n) is 10.7. The van der Waals surface area contributed by atoms with Crippen molar-refractivity contribution in [2.45, 2.75) is 44.8 Å². The van der Waals surface area contributed by atoms with E-state index >= 15 is 0 Å². The van der Waals surface area contributed by atoms with Gasteiger partial charge in [-0.05, 0) is 33.3 Å². The van der Waals surface area contributed by atoms with Crippen LogP contribution in [0.2, 0.25) is 0 Å². The first-order chi connectivity index (χ1) is 7.86. The molecular formula is C13H19NO3. The average Bonchev–Trinajstić information content (AvgIpc) is 2.56. The minimum absolute atomic E-state index is 0.0392. The van der Waals surface area contributed by atoms with Crippen LogP contribution in [-0.4, -0.2) is 40.9 Å². The molecule has 1 atom stereocenters. The van der Waals surface area contributed by atoms with Gasteiger partial charge in [0.05, 0.1) is 0 Å². The summed E-state index contributed by atoms with van der Waals surface area (Å²) in [4.78, 5) is 26.3. The molecule has 0 radical (unpaired) electrons. The molecule has 4 nitrogen and oxygen atoms in total. The number of ether oxygens (including phenoxy) is 1. The van der Waals surface area contributed by atoms with Crippen LogP contribution in [-0.2, 0) is 14.3 Å². The maximum absolute atomic E-state index is 12.3. The van der Waals surface area contributed by atoms with Crippen molar-refractivity contribution in [3.05, 3.63) is 12.2 Å². The van der Waals surface area contributed by atoms with Crippen LogP contribution >= 0.6 is 0 Å². The van der Waals surface area contributed by atoms with Crippen molar-refractivity contribution in [3.8, 4) is 0 Å². The van der Waals surface area contributed by atoms with Crippen LogP contribution < -0.4 is 0 Å². The quantitative estimate of drug-likeness (QED) is 0.392. The fourth-order valence-electron chi connectivity index (χ4n) is 2.42. The van der Waals surface area contributed by atoms with Gasteiger partial charge in [-0.1, -0.05) is 6.08 Å². The number of fused-ring (bicyclic) bond motifs is 1. The Hall–Kier alpha value is -1.16. The molecule has 0 aliphatic carbocycles. The number of hydrogen-bond donors (Lipinski definition) is 0. The Kier molecular flexibility index (Phi) is 2.86. The lowest BCUT2D eigenvalue weighted by atomic mass is 9.91. The number of rotatable bonds is 1. The summed E-state index contributed by atoms with van der Waals surface area (Å²) >= 11 is 0. The molecule has 0 aromatic heterocycles. The van der Waals surface area contributed by atoms with E-state index in [-0.39, 0.29) is 5.78 Å². The van der Waals surface area contributed by atoms with Crippen molar-refractivity contribution in [1.29, 1.82) is 0 Å². The molecular weight excluding hydrogens is 218 g/mol. The first-order valence-electron chi connectivity index (χ1n) is 6.06. The number of ketones is 1. The van der Waals surface area contributed by atoms with E-state index in [2.05, 4.69) is 0 Å². The second kappa shape index (κ2) is 3.95. The van der Waals surface area contributed by atoms with Crippen LogP contribution in [0.3, 0.4) is 0 Å². The van der Waals surface area contributed by atoms with Crippen LogP contribution in [0.4, 0.5) is 0 Å². The maximum atomic E-state index is 12.3. The Labute approximate surface area is 102 Å². The third-order valence-electron chi connectivity index (χ3n) is 3.17. The fraction of sp³-hybridized carbons (Fsp3) is 0.692. The van der Waals surface area contributed by atoms with Crippen LogP contribution in [0, 0.1) is 0 Å². The molecule has 0 saturated carbocycles. The minimum Gasteiger partial charge on any atom is -0.458 e. The monoisotopic (exact) mass is 237 g/mol. The first kappa shape index (κ1) is 12.3. The Morgan fingerprint density at radius 3 is 2.76 bits per heavy atom. The number of Topliss-reactive ketones (excluding diaryl/α,β-unsaturated/α-hetero) is 1. The molecule has 0 N–H and O–H groups in total. The highest BCUT2D eigenvalue weighted by atomic mass is 16.6. The van der Waals surface area contributed by atoms with Crippen molar-refractivity contribution in [1.82, 2.24) is 4.90 Å². The van der Waals surface area contributed by atoms with E-state index in [0.717, 1.165) is 13.0 Å². The highest BCUT2D eigenvalue weighted by molar-refractivity contribution is 6.12. The smallest absolute Gasteiger partial charge is 0.338 e. The normalized spacial score (nSPS) is 29.2. The zero-order chi connectivity index (χ0) is 12.7. The number of nitrogens with zero attached hydrogens (tertiary/aromatic N) is 1. The molecule has 0 bridgehead atoms. The molecule has 2 aliphatic heterocycles. The Bertz CT molecular complexity index is 379. The van der Waals surface area contributed by atoms with Crippen molar-refractivity contribution in [2.75, 3.05) is 13.1 Å². The molecule has 0 amide bonds. The summed E-state index contributed by atoms with van der Waals surface area (Å²) in [5.41, 5.74) is -1.70. The van der Waals surface area contributed by atoms with Gasteiger partial charge in [0.15, 0.2) is 11.3 Å². The van der Waals surface area contributed by atoms with E-state index in [1.165, 1.54) is 0 Å². The zero-order valence-corrected chi connectivity index (χ0v) is 10.7. The Morgan fingerprint density at radius 1 is 1.41 bits per heavy atom. The minimum atomic E-state index is -1.13. The van der Waals surface area contributed by atoms with E-state index in [1.807, 2.05) is 31.7 Å². The Balaban J connectivity index is 2.31. The van der Waals surface area contributed by atoms with Gasteiger partial charge in [0.25, 0.3) is 0 Å². The van der Waals surface area contributed by atoms with Crippen molar-refractivity contribution in [3.63, 3.8) is 0 Å². The summed E-state index contributed by atoms with van der Waals surface area (Å²) in [5, 5.41) is 0. The molecule has 2 heterocycles. The first-order valence-corrected chi connectivity index (χ1v) is 6.06. The van der Waals surface area contributed by atoms with Gasteiger partial charge in [-0.2, -0.15) is 0 Å². The lowest BCUT2D eigenvalue weighted by molar-refractivity contribution is -0.167. The highest BCUT2D eigenvalue weighted by Gasteiger charge is 2.55. The maximum Gasteiger partial charge on any atom is 0.338 e. The SMILES string of the molecule is CC(C)(C)OC(=O)C12C=CCCN1CCC2=O. The van der Waals surface area contributed by atoms with Gasteiger partial charge in [-0.25, -0.2) is 4.79 Å². The molecule has 0 spiro atoms. The molecule has 1 unspecified atom stereocenters. The Morgan fingerprint density at radius 2 is 2.12 bits per heavy atom. The second-order valence-corrected chi connectivity index (χ2v) is 5.62. The van der Waals surface area contributed by atoms with Gasteiger partial charge < -0.3 is 4.74 Å². The van der Waals surface area contributed by atoms with Gasteiger partial charge in [0.1, 0.15) is 5.60 Å². The third-order valence-corrected chi connectivity index (χ3v) is 3.17. The molecule has 4 heteroatoms. The van der Waals surface area contributed by atoms with Crippen LogP contribution in [0.25, 0.3) is 0 Å². The van der Waals surface area contributed by atoms with E-state index in [1.54, 1.807) is 6.08 Å². The molecule has 17 heavy (non-hydrogen) atoms. The molecule has 1 fully saturated rings. The summed E-state index contributed by atoms with van der Waals surface area (Å²) in [6.07, 6.45) is 4.95. The van der Waals surface area contributed by atoms with E-state index in [0.29, 0.717) is 13.0 Å². The predicted octanol–water partition coefficient (Wildman–Crippen LogP) is 1.30. The largest absolute Gasteiger partial charge is 0.458 e. The van der Waals surface area contributed by atoms with Crippen molar-refractivity contribution >= 4 is 11.8 Å². The molecule has 94 valence electrons. The number of hydrogen-bond acceptors (Lipinski definition) is 4. The molecule has 1 saturated heterocycles. The molecule has 2 rings (SSSR count). The lowest BCUT2D eigenvalue weighted by Crippen LogP contribution is -2.57. The van der Waals surface area contributed by atoms with Crippen molar-refractivity contribution in [2.24, 2.45) is 0 Å². The highest BCUT2D eigenvalue weighted by Crippen LogP contribution is 2.33. The fourth-order valence-corrected chi connectivity index (χ4v) is 2.42. The standard InChI is InChI=1S/C13H19NO3/c1-12(2,3)17-11(16)13-7-4-5-8-14(13)9-6-10(13)15/h4,7H,5-6,8-9H2,1-3H3. The van der Waals surface area contributed by atoms with Crippen LogP contribution in [0.1, 0.15) is 33.6 Å². The van der Waals surface area contributed by atoms with E-state index < -0.39 is 17.1 Å². The predicted molar refractivity (Wildman–Crippen MR) is 63.5 cm³/mol. The summed E-state index contributed by atoms with van der Waals surface area (Å²) in [5.74, 6) is -0.467. The van der Waals surface area contributed by atoms with Gasteiger partial charge in [0.2, 0.25) is 0 Å². The molecule has 2 aliphatic rings. The van der Waals surface area contributed by atoms with Crippen molar-refractivity contribution < 1.29 is 14.3 Å². The van der Waals surface area contributed by atoms with Gasteiger partial charge in [-0.3, -0.25) is 9.69 Å². The molecule has 0 aromatic carbocycles. The lowest BCUT2D eigenvalue weighted by Gasteiger charge is -2.36. The van der Waals surface area contributed by atoms with Gasteiger partial charge >= 0.3 is 5.97 Å². The van der Waals surface area contributed by atoms with E-state index in [4.69, 9.17) is 4.74 Å². The average molecular weight is 237 g/mol. The van der Waals surface area contributed by atoms with Crippen LogP contribution in [0.5, 0.6) is 0 Å². The second-order valence-electron chi connectivity index (χ2n) is 5.62. The third kappa shape index (κ3) is 2.02. The van der Waals surface area contributed by atoms with Gasteiger partial charge in [-0.15, -0.1) is 0 Å². The summed E-state index contributed by atoms with van der Waals surface area (Å²) < 4.78 is 5.40. The molecule has 0 aromatic rings.